The van der Waals surface area contributed by atoms with Crippen LogP contribution in [-0.2, 0) is 9.53 Å². The van der Waals surface area contributed by atoms with Crippen LogP contribution < -0.4 is 4.74 Å². The second kappa shape index (κ2) is 11.2. The van der Waals surface area contributed by atoms with Gasteiger partial charge < -0.3 is 19.3 Å². The molecule has 0 aliphatic carbocycles. The minimum atomic E-state index is -0.985. The van der Waals surface area contributed by atoms with Gasteiger partial charge in [0.15, 0.2) is 0 Å². The molecule has 0 saturated carbocycles. The summed E-state index contributed by atoms with van der Waals surface area (Å²) < 4.78 is 12.2. The molecule has 2 aromatic rings. The largest absolute Gasteiger partial charge is 0.490 e. The van der Waals surface area contributed by atoms with E-state index in [0.717, 1.165) is 32.4 Å². The van der Waals surface area contributed by atoms with Gasteiger partial charge in [0.05, 0.1) is 29.6 Å². The summed E-state index contributed by atoms with van der Waals surface area (Å²) in [5.74, 6) is 0.395. The van der Waals surface area contributed by atoms with E-state index < -0.39 is 5.60 Å². The highest BCUT2D eigenvalue weighted by Gasteiger charge is 2.42. The summed E-state index contributed by atoms with van der Waals surface area (Å²) in [6.45, 7) is 2.51. The average Bonchev–Trinajstić information content (AvgIpc) is 2.85. The maximum atomic E-state index is 13.3. The van der Waals surface area contributed by atoms with E-state index in [-0.39, 0.29) is 31.4 Å². The SMILES string of the molecule is O=C(CC1(COc2cccc(Cl)c2)CN(C(=O)c2ccc(Cl)c(Cl)c2)CCO1)N1CCCCC1. The molecule has 1 unspecified atom stereocenters. The van der Waals surface area contributed by atoms with Gasteiger partial charge >= 0.3 is 0 Å². The molecule has 2 amide bonds. The average molecular weight is 526 g/mol. The van der Waals surface area contributed by atoms with Crippen LogP contribution in [0.2, 0.25) is 15.1 Å². The number of morpholine rings is 1. The topological polar surface area (TPSA) is 59.1 Å². The molecular formula is C25H27Cl3N2O4. The Balaban J connectivity index is 1.54. The Kier molecular flexibility index (Phi) is 8.25. The van der Waals surface area contributed by atoms with Crippen molar-refractivity contribution in [1.82, 2.24) is 9.80 Å². The van der Waals surface area contributed by atoms with Gasteiger partial charge in [0, 0.05) is 30.2 Å². The number of carbonyl (C=O) groups is 2. The second-order valence-electron chi connectivity index (χ2n) is 8.75. The van der Waals surface area contributed by atoms with Gasteiger partial charge in [-0.3, -0.25) is 9.59 Å². The van der Waals surface area contributed by atoms with Crippen LogP contribution in [0.15, 0.2) is 42.5 Å². The molecule has 34 heavy (non-hydrogen) atoms. The van der Waals surface area contributed by atoms with E-state index in [9.17, 15) is 9.59 Å². The van der Waals surface area contributed by atoms with Crippen molar-refractivity contribution < 1.29 is 19.1 Å². The maximum absolute atomic E-state index is 13.3. The number of halogens is 3. The fourth-order valence-electron chi connectivity index (χ4n) is 4.38. The molecule has 2 fully saturated rings. The smallest absolute Gasteiger partial charge is 0.254 e. The fraction of sp³-hybridized carbons (Fsp3) is 0.440. The van der Waals surface area contributed by atoms with Crippen molar-refractivity contribution in [3.05, 3.63) is 63.1 Å². The van der Waals surface area contributed by atoms with Crippen LogP contribution in [0.25, 0.3) is 0 Å². The Bertz CT molecular complexity index is 1040. The third-order valence-corrected chi connectivity index (χ3v) is 7.16. The number of carbonyl (C=O) groups excluding carboxylic acids is 2. The summed E-state index contributed by atoms with van der Waals surface area (Å²) in [5, 5.41) is 1.25. The first-order valence-corrected chi connectivity index (χ1v) is 12.5. The zero-order chi connectivity index (χ0) is 24.1. The van der Waals surface area contributed by atoms with Crippen molar-refractivity contribution in [3.8, 4) is 5.75 Å². The minimum absolute atomic E-state index is 0.0123. The number of hydrogen-bond acceptors (Lipinski definition) is 4. The molecule has 2 saturated heterocycles. The highest BCUT2D eigenvalue weighted by atomic mass is 35.5. The summed E-state index contributed by atoms with van der Waals surface area (Å²) >= 11 is 18.2. The van der Waals surface area contributed by atoms with E-state index in [1.165, 1.54) is 0 Å². The van der Waals surface area contributed by atoms with E-state index in [1.807, 2.05) is 4.90 Å². The third kappa shape index (κ3) is 6.16. The van der Waals surface area contributed by atoms with Crippen molar-refractivity contribution in [2.75, 3.05) is 39.4 Å². The van der Waals surface area contributed by atoms with Crippen LogP contribution in [0.4, 0.5) is 0 Å². The van der Waals surface area contributed by atoms with Crippen molar-refractivity contribution >= 4 is 46.6 Å². The zero-order valence-electron chi connectivity index (χ0n) is 18.8. The molecule has 2 heterocycles. The first kappa shape index (κ1) is 25.1. The van der Waals surface area contributed by atoms with Gasteiger partial charge in [0.2, 0.25) is 5.91 Å². The van der Waals surface area contributed by atoms with E-state index in [2.05, 4.69) is 0 Å². The van der Waals surface area contributed by atoms with Crippen LogP contribution in [0.3, 0.4) is 0 Å². The second-order valence-corrected chi connectivity index (χ2v) is 10.0. The lowest BCUT2D eigenvalue weighted by molar-refractivity contribution is -0.153. The van der Waals surface area contributed by atoms with E-state index >= 15 is 0 Å². The number of rotatable bonds is 6. The molecule has 0 N–H and O–H groups in total. The molecule has 0 radical (unpaired) electrons. The van der Waals surface area contributed by atoms with Gasteiger partial charge in [-0.1, -0.05) is 40.9 Å². The number of benzene rings is 2. The zero-order valence-corrected chi connectivity index (χ0v) is 21.0. The molecule has 2 aliphatic heterocycles. The first-order chi connectivity index (χ1) is 16.3. The Hall–Kier alpha value is -1.99. The van der Waals surface area contributed by atoms with Crippen LogP contribution in [-0.4, -0.2) is 66.6 Å². The lowest BCUT2D eigenvalue weighted by Crippen LogP contribution is -2.58. The molecule has 2 aliphatic rings. The molecular weight excluding hydrogens is 499 g/mol. The molecule has 4 rings (SSSR count). The molecule has 182 valence electrons. The van der Waals surface area contributed by atoms with Gasteiger partial charge in [-0.2, -0.15) is 0 Å². The predicted octanol–water partition coefficient (Wildman–Crippen LogP) is 5.34. The van der Waals surface area contributed by atoms with Crippen LogP contribution in [0, 0.1) is 0 Å². The Labute approximate surface area is 214 Å². The molecule has 6 nitrogen and oxygen atoms in total. The summed E-state index contributed by atoms with van der Waals surface area (Å²) in [5.41, 5.74) is -0.552. The highest BCUT2D eigenvalue weighted by Crippen LogP contribution is 2.29. The number of amides is 2. The highest BCUT2D eigenvalue weighted by molar-refractivity contribution is 6.42. The maximum Gasteiger partial charge on any atom is 0.254 e. The van der Waals surface area contributed by atoms with Crippen molar-refractivity contribution in [2.24, 2.45) is 0 Å². The number of ether oxygens (including phenoxy) is 2. The molecule has 1 atom stereocenters. The molecule has 0 bridgehead atoms. The Morgan fingerprint density at radius 2 is 1.74 bits per heavy atom. The lowest BCUT2D eigenvalue weighted by Gasteiger charge is -2.43. The van der Waals surface area contributed by atoms with Crippen LogP contribution in [0.1, 0.15) is 36.0 Å². The molecule has 0 aromatic heterocycles. The first-order valence-electron chi connectivity index (χ1n) is 11.4. The van der Waals surface area contributed by atoms with Gasteiger partial charge in [0.25, 0.3) is 5.91 Å². The van der Waals surface area contributed by atoms with Gasteiger partial charge in [-0.25, -0.2) is 0 Å². The number of piperidine rings is 1. The fourth-order valence-corrected chi connectivity index (χ4v) is 4.86. The van der Waals surface area contributed by atoms with E-state index in [1.54, 1.807) is 47.4 Å². The minimum Gasteiger partial charge on any atom is -0.490 e. The lowest BCUT2D eigenvalue weighted by atomic mass is 9.95. The standard InChI is InChI=1S/C25H27Cl3N2O4/c26-19-5-4-6-20(14-19)33-17-25(15-23(31)29-9-2-1-3-10-29)16-30(11-12-34-25)24(32)18-7-8-21(27)22(28)13-18/h4-8,13-14H,1-3,9-12,15-17H2. The summed E-state index contributed by atoms with van der Waals surface area (Å²) in [6, 6.07) is 11.9. The third-order valence-electron chi connectivity index (χ3n) is 6.18. The monoisotopic (exact) mass is 524 g/mol. The molecule has 0 spiro atoms. The Morgan fingerprint density at radius 3 is 2.47 bits per heavy atom. The predicted molar refractivity (Wildman–Crippen MR) is 133 cm³/mol. The van der Waals surface area contributed by atoms with E-state index in [4.69, 9.17) is 44.3 Å². The van der Waals surface area contributed by atoms with Crippen molar-refractivity contribution in [3.63, 3.8) is 0 Å². The number of likely N-dealkylation sites (tertiary alicyclic amines) is 1. The van der Waals surface area contributed by atoms with Crippen LogP contribution in [0.5, 0.6) is 5.75 Å². The molecule has 9 heteroatoms. The summed E-state index contributed by atoms with van der Waals surface area (Å²) in [7, 11) is 0. The van der Waals surface area contributed by atoms with Gasteiger partial charge in [-0.15, -0.1) is 0 Å². The van der Waals surface area contributed by atoms with Gasteiger partial charge in [0.1, 0.15) is 18.0 Å². The summed E-state index contributed by atoms with van der Waals surface area (Å²) in [6.07, 6.45) is 3.26. The quantitative estimate of drug-likeness (QED) is 0.511. The Morgan fingerprint density at radius 1 is 0.941 bits per heavy atom. The number of hydrogen-bond donors (Lipinski definition) is 0. The van der Waals surface area contributed by atoms with Gasteiger partial charge in [-0.05, 0) is 55.7 Å². The molecule has 2 aromatic carbocycles. The van der Waals surface area contributed by atoms with Crippen molar-refractivity contribution in [1.29, 1.82) is 0 Å². The summed E-state index contributed by atoms with van der Waals surface area (Å²) in [4.78, 5) is 30.0. The van der Waals surface area contributed by atoms with Crippen molar-refractivity contribution in [2.45, 2.75) is 31.3 Å². The normalized spacial score (nSPS) is 20.8. The van der Waals surface area contributed by atoms with E-state index in [0.29, 0.717) is 39.5 Å². The van der Waals surface area contributed by atoms with Crippen LogP contribution >= 0.6 is 34.8 Å². The number of nitrogens with zero attached hydrogens (tertiary/aromatic N) is 2.